The number of aryl methyl sites for hydroxylation is 1. The molecule has 0 saturated carbocycles. The Balaban J connectivity index is 1.82. The molecule has 0 fully saturated rings. The number of rotatable bonds is 6. The Hall–Kier alpha value is -3.46. The molecule has 1 amide bonds. The summed E-state index contributed by atoms with van der Waals surface area (Å²) in [5, 5.41) is 13.9. The molecule has 3 aromatic rings. The lowest BCUT2D eigenvalue weighted by molar-refractivity contribution is -0.384. The molecule has 1 heterocycles. The van der Waals surface area contributed by atoms with E-state index >= 15 is 0 Å². The number of hydrogen-bond acceptors (Lipinski definition) is 7. The van der Waals surface area contributed by atoms with Gasteiger partial charge in [0.25, 0.3) is 11.6 Å². The van der Waals surface area contributed by atoms with Crippen molar-refractivity contribution in [2.24, 2.45) is 0 Å². The molecule has 1 N–H and O–H groups in total. The van der Waals surface area contributed by atoms with Crippen LogP contribution in [0.3, 0.4) is 0 Å². The van der Waals surface area contributed by atoms with Crippen molar-refractivity contribution >= 4 is 28.1 Å². The molecule has 9 heteroatoms. The van der Waals surface area contributed by atoms with Gasteiger partial charge in [-0.25, -0.2) is 4.98 Å². The Morgan fingerprint density at radius 3 is 2.39 bits per heavy atom. The summed E-state index contributed by atoms with van der Waals surface area (Å²) in [4.78, 5) is 28.0. The molecule has 0 aliphatic carbocycles. The highest BCUT2D eigenvalue weighted by molar-refractivity contribution is 7.16. The smallest absolute Gasteiger partial charge is 0.269 e. The predicted octanol–water partition coefficient (Wildman–Crippen LogP) is 4.30. The van der Waals surface area contributed by atoms with Gasteiger partial charge >= 0.3 is 0 Å². The lowest BCUT2D eigenvalue weighted by atomic mass is 10.1. The third kappa shape index (κ3) is 3.94. The van der Waals surface area contributed by atoms with E-state index in [1.165, 1.54) is 35.6 Å². The van der Waals surface area contributed by atoms with Crippen LogP contribution in [0.4, 0.5) is 10.8 Å². The van der Waals surface area contributed by atoms with Gasteiger partial charge < -0.3 is 9.47 Å². The van der Waals surface area contributed by atoms with Gasteiger partial charge in [0.15, 0.2) is 16.6 Å². The summed E-state index contributed by atoms with van der Waals surface area (Å²) >= 11 is 1.34. The van der Waals surface area contributed by atoms with Crippen LogP contribution in [0.1, 0.15) is 15.2 Å². The maximum Gasteiger partial charge on any atom is 0.269 e. The number of aromatic nitrogens is 1. The summed E-state index contributed by atoms with van der Waals surface area (Å²) in [6, 6.07) is 10.9. The van der Waals surface area contributed by atoms with Gasteiger partial charge in [0.05, 0.1) is 24.8 Å². The van der Waals surface area contributed by atoms with E-state index in [2.05, 4.69) is 10.3 Å². The van der Waals surface area contributed by atoms with Crippen molar-refractivity contribution in [3.63, 3.8) is 0 Å². The fourth-order valence-corrected chi connectivity index (χ4v) is 3.44. The fourth-order valence-electron chi connectivity index (χ4n) is 2.61. The van der Waals surface area contributed by atoms with E-state index in [0.717, 1.165) is 16.1 Å². The molecule has 0 aliphatic rings. The highest BCUT2D eigenvalue weighted by Gasteiger charge is 2.16. The zero-order chi connectivity index (χ0) is 20.3. The number of methoxy groups -OCH3 is 2. The van der Waals surface area contributed by atoms with Gasteiger partial charge in [0, 0.05) is 28.1 Å². The molecule has 0 spiro atoms. The third-order valence-corrected chi connectivity index (χ3v) is 4.90. The Bertz CT molecular complexity index is 1030. The minimum Gasteiger partial charge on any atom is -0.493 e. The van der Waals surface area contributed by atoms with Crippen molar-refractivity contribution in [2.75, 3.05) is 19.5 Å². The number of nitro groups is 1. The van der Waals surface area contributed by atoms with Gasteiger partial charge in [0.2, 0.25) is 0 Å². The predicted molar refractivity (Wildman–Crippen MR) is 106 cm³/mol. The number of hydrogen-bond donors (Lipinski definition) is 1. The van der Waals surface area contributed by atoms with Gasteiger partial charge in [-0.3, -0.25) is 20.2 Å². The minimum atomic E-state index is -0.513. The van der Waals surface area contributed by atoms with Crippen LogP contribution < -0.4 is 14.8 Å². The Morgan fingerprint density at radius 1 is 1.11 bits per heavy atom. The second-order valence-corrected chi connectivity index (χ2v) is 6.95. The molecule has 0 radical (unpaired) electrons. The monoisotopic (exact) mass is 399 g/mol. The van der Waals surface area contributed by atoms with Crippen LogP contribution in [0, 0.1) is 17.0 Å². The molecule has 0 aliphatic heterocycles. The number of benzene rings is 2. The van der Waals surface area contributed by atoms with Gasteiger partial charge in [-0.2, -0.15) is 0 Å². The first-order chi connectivity index (χ1) is 13.4. The number of non-ortho nitro benzene ring substituents is 1. The van der Waals surface area contributed by atoms with Crippen LogP contribution in [0.25, 0.3) is 11.3 Å². The zero-order valence-electron chi connectivity index (χ0n) is 15.4. The molecule has 28 heavy (non-hydrogen) atoms. The first kappa shape index (κ1) is 19.3. The molecule has 1 aromatic heterocycles. The van der Waals surface area contributed by atoms with Crippen LogP contribution in [-0.4, -0.2) is 30.0 Å². The zero-order valence-corrected chi connectivity index (χ0v) is 16.2. The number of nitrogens with zero attached hydrogens (tertiary/aromatic N) is 2. The number of thiazole rings is 1. The maximum atomic E-state index is 12.4. The lowest BCUT2D eigenvalue weighted by Crippen LogP contribution is -2.11. The number of nitro benzene ring substituents is 1. The average molecular weight is 399 g/mol. The molecule has 144 valence electrons. The normalized spacial score (nSPS) is 10.4. The third-order valence-electron chi connectivity index (χ3n) is 4.01. The summed E-state index contributed by atoms with van der Waals surface area (Å²) in [6.07, 6.45) is 0. The van der Waals surface area contributed by atoms with Gasteiger partial charge in [-0.05, 0) is 37.3 Å². The first-order valence-corrected chi connectivity index (χ1v) is 9.00. The summed E-state index contributed by atoms with van der Waals surface area (Å²) in [6.45, 7) is 1.91. The minimum absolute atomic E-state index is 0.0719. The van der Waals surface area contributed by atoms with Gasteiger partial charge in [-0.15, -0.1) is 11.3 Å². The highest BCUT2D eigenvalue weighted by atomic mass is 32.1. The molecule has 0 bridgehead atoms. The lowest BCUT2D eigenvalue weighted by Gasteiger charge is -2.08. The molecular formula is C19H17N3O5S. The highest BCUT2D eigenvalue weighted by Crippen LogP contribution is 2.36. The Morgan fingerprint density at radius 2 is 1.79 bits per heavy atom. The van der Waals surface area contributed by atoms with Crippen molar-refractivity contribution in [3.8, 4) is 22.8 Å². The van der Waals surface area contributed by atoms with E-state index in [1.54, 1.807) is 20.3 Å². The molecular weight excluding hydrogens is 382 g/mol. The quantitative estimate of drug-likeness (QED) is 0.490. The summed E-state index contributed by atoms with van der Waals surface area (Å²) < 4.78 is 10.6. The van der Waals surface area contributed by atoms with E-state index in [0.29, 0.717) is 22.2 Å². The molecule has 0 saturated heterocycles. The van der Waals surface area contributed by atoms with Crippen molar-refractivity contribution in [1.82, 2.24) is 4.98 Å². The SMILES string of the molecule is COc1ccc(-c2nc(NC(=O)c3ccc([N+](=O)[O-])cc3)sc2C)cc1OC. The average Bonchev–Trinajstić information content (AvgIpc) is 3.07. The number of carbonyl (C=O) groups is 1. The van der Waals surface area contributed by atoms with Crippen molar-refractivity contribution in [2.45, 2.75) is 6.92 Å². The van der Waals surface area contributed by atoms with Crippen molar-refractivity contribution < 1.29 is 19.2 Å². The molecule has 0 unspecified atom stereocenters. The van der Waals surface area contributed by atoms with Crippen LogP contribution in [0.5, 0.6) is 11.5 Å². The topological polar surface area (TPSA) is 104 Å². The van der Waals surface area contributed by atoms with E-state index in [1.807, 2.05) is 19.1 Å². The number of ether oxygens (including phenoxy) is 2. The second kappa shape index (κ2) is 8.05. The van der Waals surface area contributed by atoms with Gasteiger partial charge in [0.1, 0.15) is 0 Å². The molecule has 8 nitrogen and oxygen atoms in total. The summed E-state index contributed by atoms with van der Waals surface area (Å²) in [5.41, 5.74) is 1.80. The van der Waals surface area contributed by atoms with Crippen LogP contribution in [0.2, 0.25) is 0 Å². The number of nitrogens with one attached hydrogen (secondary N) is 1. The first-order valence-electron chi connectivity index (χ1n) is 8.18. The van der Waals surface area contributed by atoms with E-state index in [-0.39, 0.29) is 11.6 Å². The van der Waals surface area contributed by atoms with E-state index in [9.17, 15) is 14.9 Å². The molecule has 0 atom stereocenters. The summed E-state index contributed by atoms with van der Waals surface area (Å²) in [5.74, 6) is 0.817. The van der Waals surface area contributed by atoms with Crippen LogP contribution in [-0.2, 0) is 0 Å². The standard InChI is InChI=1S/C19H17N3O5S/c1-11-17(13-6-9-15(26-2)16(10-13)27-3)20-19(28-11)21-18(23)12-4-7-14(8-5-12)22(24)25/h4-10H,1-3H3,(H,20,21,23). The van der Waals surface area contributed by atoms with Gasteiger partial charge in [-0.1, -0.05) is 0 Å². The molecule has 2 aromatic carbocycles. The van der Waals surface area contributed by atoms with E-state index < -0.39 is 4.92 Å². The Labute approximate surface area is 164 Å². The Kier molecular flexibility index (Phi) is 5.55. The summed E-state index contributed by atoms with van der Waals surface area (Å²) in [7, 11) is 3.13. The van der Waals surface area contributed by atoms with Crippen molar-refractivity contribution in [3.05, 3.63) is 63.0 Å². The van der Waals surface area contributed by atoms with Crippen molar-refractivity contribution in [1.29, 1.82) is 0 Å². The van der Waals surface area contributed by atoms with Crippen LogP contribution >= 0.6 is 11.3 Å². The number of carbonyl (C=O) groups excluding carboxylic acids is 1. The largest absolute Gasteiger partial charge is 0.493 e. The number of amides is 1. The molecule has 3 rings (SSSR count). The number of anilines is 1. The van der Waals surface area contributed by atoms with Crippen LogP contribution in [0.15, 0.2) is 42.5 Å². The second-order valence-electron chi connectivity index (χ2n) is 5.75. The fraction of sp³-hybridized carbons (Fsp3) is 0.158. The van der Waals surface area contributed by atoms with E-state index in [4.69, 9.17) is 9.47 Å². The maximum absolute atomic E-state index is 12.4.